The van der Waals surface area contributed by atoms with E-state index in [2.05, 4.69) is 11.4 Å². The number of aryl methyl sites for hydroxylation is 2. The van der Waals surface area contributed by atoms with Gasteiger partial charge >= 0.3 is 0 Å². The number of hydrogen-bond acceptors (Lipinski definition) is 3. The number of benzene rings is 1. The van der Waals surface area contributed by atoms with Gasteiger partial charge in [0.15, 0.2) is 0 Å². The van der Waals surface area contributed by atoms with Crippen LogP contribution in [0.3, 0.4) is 0 Å². The van der Waals surface area contributed by atoms with Crippen molar-refractivity contribution in [3.05, 3.63) is 57.0 Å². The molecule has 1 N–H and O–H groups in total. The number of fused-ring (bicyclic) bond motifs is 1. The van der Waals surface area contributed by atoms with Crippen LogP contribution >= 0.6 is 11.3 Å². The number of piperazine rings is 1. The molecule has 1 aliphatic carbocycles. The number of amides is 1. The van der Waals surface area contributed by atoms with Crippen LogP contribution in [0, 0.1) is 5.82 Å². The van der Waals surface area contributed by atoms with Gasteiger partial charge in [0.25, 0.3) is 5.91 Å². The molecule has 4 rings (SSSR count). The highest BCUT2D eigenvalue weighted by atomic mass is 32.1. The van der Waals surface area contributed by atoms with Crippen molar-refractivity contribution in [1.82, 2.24) is 10.2 Å². The Balaban J connectivity index is 1.63. The molecule has 120 valence electrons. The molecule has 1 aliphatic heterocycles. The summed E-state index contributed by atoms with van der Waals surface area (Å²) in [6.45, 7) is 2.10. The number of nitrogens with zero attached hydrogens (tertiary/aromatic N) is 1. The molecule has 1 aromatic heterocycles. The van der Waals surface area contributed by atoms with Crippen LogP contribution in [0.1, 0.15) is 38.1 Å². The molecule has 2 aliphatic rings. The van der Waals surface area contributed by atoms with Crippen molar-refractivity contribution >= 4 is 17.2 Å². The fourth-order valence-corrected chi connectivity index (χ4v) is 4.74. The van der Waals surface area contributed by atoms with Gasteiger partial charge in [-0.2, -0.15) is 0 Å². The maximum atomic E-state index is 13.6. The minimum atomic E-state index is -0.254. The lowest BCUT2D eigenvalue weighted by Gasteiger charge is -2.36. The lowest BCUT2D eigenvalue weighted by atomic mass is 10.0. The van der Waals surface area contributed by atoms with Gasteiger partial charge in [0.2, 0.25) is 0 Å². The Morgan fingerprint density at radius 3 is 3.04 bits per heavy atom. The first-order chi connectivity index (χ1) is 11.2. The minimum absolute atomic E-state index is 0.0835. The van der Waals surface area contributed by atoms with Crippen molar-refractivity contribution in [1.29, 1.82) is 0 Å². The molecule has 0 spiro atoms. The number of carbonyl (C=O) groups is 1. The van der Waals surface area contributed by atoms with Crippen LogP contribution in [-0.4, -0.2) is 30.4 Å². The van der Waals surface area contributed by atoms with Crippen LogP contribution in [0.2, 0.25) is 0 Å². The van der Waals surface area contributed by atoms with E-state index in [0.29, 0.717) is 13.1 Å². The van der Waals surface area contributed by atoms with E-state index in [0.717, 1.165) is 29.8 Å². The summed E-state index contributed by atoms with van der Waals surface area (Å²) in [7, 11) is 0. The zero-order valence-electron chi connectivity index (χ0n) is 12.8. The Morgan fingerprint density at radius 2 is 2.22 bits per heavy atom. The van der Waals surface area contributed by atoms with Gasteiger partial charge in [0, 0.05) is 24.5 Å². The number of carbonyl (C=O) groups excluding carboxylic acids is 1. The molecule has 23 heavy (non-hydrogen) atoms. The Morgan fingerprint density at radius 1 is 1.30 bits per heavy atom. The van der Waals surface area contributed by atoms with E-state index in [-0.39, 0.29) is 17.8 Å². The monoisotopic (exact) mass is 330 g/mol. The summed E-state index contributed by atoms with van der Waals surface area (Å²) < 4.78 is 13.6. The predicted octanol–water partition coefficient (Wildman–Crippen LogP) is 3.16. The van der Waals surface area contributed by atoms with E-state index in [1.54, 1.807) is 17.4 Å². The highest BCUT2D eigenvalue weighted by Gasteiger charge is 2.30. The molecule has 1 fully saturated rings. The van der Waals surface area contributed by atoms with Gasteiger partial charge in [-0.15, -0.1) is 11.3 Å². The second-order valence-corrected chi connectivity index (χ2v) is 7.32. The maximum absolute atomic E-state index is 13.6. The van der Waals surface area contributed by atoms with Gasteiger partial charge in [-0.3, -0.25) is 4.79 Å². The molecule has 1 unspecified atom stereocenters. The van der Waals surface area contributed by atoms with E-state index in [9.17, 15) is 9.18 Å². The van der Waals surface area contributed by atoms with Crippen molar-refractivity contribution in [2.45, 2.75) is 25.3 Å². The normalized spacial score (nSPS) is 20.6. The van der Waals surface area contributed by atoms with Crippen molar-refractivity contribution < 1.29 is 9.18 Å². The van der Waals surface area contributed by atoms with Gasteiger partial charge < -0.3 is 10.2 Å². The highest BCUT2D eigenvalue weighted by Crippen LogP contribution is 2.33. The molecule has 0 bridgehead atoms. The first-order valence-electron chi connectivity index (χ1n) is 8.11. The van der Waals surface area contributed by atoms with Crippen LogP contribution in [0.25, 0.3) is 0 Å². The summed E-state index contributed by atoms with van der Waals surface area (Å²) in [5.74, 6) is -0.171. The zero-order valence-corrected chi connectivity index (χ0v) is 13.7. The molecule has 2 aromatic rings. The van der Waals surface area contributed by atoms with Gasteiger partial charge in [0.05, 0.1) is 10.9 Å². The predicted molar refractivity (Wildman–Crippen MR) is 89.4 cm³/mol. The number of halogens is 1. The summed E-state index contributed by atoms with van der Waals surface area (Å²) in [6, 6.07) is 8.54. The average molecular weight is 330 g/mol. The zero-order chi connectivity index (χ0) is 15.8. The minimum Gasteiger partial charge on any atom is -0.328 e. The van der Waals surface area contributed by atoms with Crippen LogP contribution in [0.15, 0.2) is 30.3 Å². The van der Waals surface area contributed by atoms with Gasteiger partial charge in [0.1, 0.15) is 5.82 Å². The SMILES string of the molecule is O=C(c1cc2c(s1)CCC2)N1CCNCC1c1cccc(F)c1. The lowest BCUT2D eigenvalue weighted by Crippen LogP contribution is -2.48. The van der Waals surface area contributed by atoms with E-state index in [4.69, 9.17) is 0 Å². The number of hydrogen-bond donors (Lipinski definition) is 1. The molecule has 1 aromatic carbocycles. The smallest absolute Gasteiger partial charge is 0.264 e. The van der Waals surface area contributed by atoms with Gasteiger partial charge in [-0.1, -0.05) is 12.1 Å². The molecule has 2 heterocycles. The number of nitrogens with one attached hydrogen (secondary N) is 1. The molecule has 1 atom stereocenters. The fourth-order valence-electron chi connectivity index (χ4n) is 3.54. The van der Waals surface area contributed by atoms with Crippen LogP contribution in [-0.2, 0) is 12.8 Å². The number of rotatable bonds is 2. The first-order valence-corrected chi connectivity index (χ1v) is 8.93. The Kier molecular flexibility index (Phi) is 3.91. The third-order valence-electron chi connectivity index (χ3n) is 4.70. The molecular formula is C18H19FN2OS. The van der Waals surface area contributed by atoms with Gasteiger partial charge in [-0.25, -0.2) is 4.39 Å². The average Bonchev–Trinajstić information content (AvgIpc) is 3.16. The summed E-state index contributed by atoms with van der Waals surface area (Å²) in [5.41, 5.74) is 2.20. The number of thiophene rings is 1. The van der Waals surface area contributed by atoms with Gasteiger partial charge in [-0.05, 0) is 48.6 Å². The third-order valence-corrected chi connectivity index (χ3v) is 5.92. The van der Waals surface area contributed by atoms with Crippen LogP contribution < -0.4 is 5.32 Å². The van der Waals surface area contributed by atoms with Crippen molar-refractivity contribution in [2.24, 2.45) is 0 Å². The van der Waals surface area contributed by atoms with E-state index >= 15 is 0 Å². The lowest BCUT2D eigenvalue weighted by molar-refractivity contribution is 0.0639. The Labute approximate surface area is 139 Å². The molecule has 3 nitrogen and oxygen atoms in total. The van der Waals surface area contributed by atoms with Crippen LogP contribution in [0.4, 0.5) is 4.39 Å². The molecule has 1 amide bonds. The summed E-state index contributed by atoms with van der Waals surface area (Å²) >= 11 is 1.64. The van der Waals surface area contributed by atoms with E-state index in [1.165, 1.54) is 29.0 Å². The highest BCUT2D eigenvalue weighted by molar-refractivity contribution is 7.14. The molecule has 1 saturated heterocycles. The van der Waals surface area contributed by atoms with Crippen LogP contribution in [0.5, 0.6) is 0 Å². The molecular weight excluding hydrogens is 311 g/mol. The Hall–Kier alpha value is -1.72. The third kappa shape index (κ3) is 2.79. The standard InChI is InChI=1S/C18H19FN2OS/c19-14-5-1-3-12(9-14)15-11-20-7-8-21(15)18(22)17-10-13-4-2-6-16(13)23-17/h1,3,5,9-10,15,20H,2,4,6-8,11H2. The first kappa shape index (κ1) is 14.8. The largest absolute Gasteiger partial charge is 0.328 e. The second kappa shape index (κ2) is 6.06. The molecule has 0 radical (unpaired) electrons. The fraction of sp³-hybridized carbons (Fsp3) is 0.389. The molecule has 5 heteroatoms. The topological polar surface area (TPSA) is 32.3 Å². The van der Waals surface area contributed by atoms with E-state index < -0.39 is 0 Å². The van der Waals surface area contributed by atoms with Crippen molar-refractivity contribution in [2.75, 3.05) is 19.6 Å². The molecule has 0 saturated carbocycles. The van der Waals surface area contributed by atoms with Crippen molar-refractivity contribution in [3.8, 4) is 0 Å². The summed E-state index contributed by atoms with van der Waals surface area (Å²) in [4.78, 5) is 17.1. The quantitative estimate of drug-likeness (QED) is 0.917. The summed E-state index contributed by atoms with van der Waals surface area (Å²) in [6.07, 6.45) is 3.39. The summed E-state index contributed by atoms with van der Waals surface area (Å²) in [5, 5.41) is 3.32. The maximum Gasteiger partial charge on any atom is 0.264 e. The van der Waals surface area contributed by atoms with E-state index in [1.807, 2.05) is 11.0 Å². The Bertz CT molecular complexity index is 721. The second-order valence-electron chi connectivity index (χ2n) is 6.19. The van der Waals surface area contributed by atoms with Crippen molar-refractivity contribution in [3.63, 3.8) is 0 Å².